The Morgan fingerprint density at radius 1 is 1.08 bits per heavy atom. The van der Waals surface area contributed by atoms with Crippen molar-refractivity contribution in [3.63, 3.8) is 0 Å². The Morgan fingerprint density at radius 2 is 2.00 bits per heavy atom. The second kappa shape index (κ2) is 8.98. The van der Waals surface area contributed by atoms with E-state index in [1.165, 1.54) is 10.6 Å². The molecular formula is C28H27FN8O. The van der Waals surface area contributed by atoms with E-state index in [4.69, 9.17) is 4.98 Å². The highest BCUT2D eigenvalue weighted by Gasteiger charge is 2.56. The molecule has 5 aromatic heterocycles. The molecule has 0 aliphatic heterocycles. The van der Waals surface area contributed by atoms with Gasteiger partial charge in [0.25, 0.3) is 5.56 Å². The van der Waals surface area contributed by atoms with E-state index in [0.29, 0.717) is 36.2 Å². The molecule has 1 atom stereocenters. The molecule has 8 rings (SSSR count). The number of nitrogens with zero attached hydrogens (tertiary/aromatic N) is 7. The summed E-state index contributed by atoms with van der Waals surface area (Å²) < 4.78 is 19.4. The third kappa shape index (κ3) is 4.30. The lowest BCUT2D eigenvalue weighted by Crippen LogP contribution is -2.30. The van der Waals surface area contributed by atoms with Crippen LogP contribution < -0.4 is 10.9 Å². The van der Waals surface area contributed by atoms with Crippen LogP contribution in [0, 0.1) is 11.8 Å². The second-order valence-electron chi connectivity index (χ2n) is 10.6. The molecule has 10 heteroatoms. The van der Waals surface area contributed by atoms with Crippen molar-refractivity contribution in [2.45, 2.75) is 38.0 Å². The molecule has 0 saturated heterocycles. The minimum atomic E-state index is -0.863. The molecule has 3 fully saturated rings. The van der Waals surface area contributed by atoms with Crippen LogP contribution in [0.4, 0.5) is 4.39 Å². The van der Waals surface area contributed by atoms with E-state index in [1.54, 1.807) is 35.4 Å². The summed E-state index contributed by atoms with van der Waals surface area (Å²) in [6.07, 6.45) is 13.2. The minimum Gasteiger partial charge on any atom is -0.312 e. The lowest BCUT2D eigenvalue weighted by atomic mass is 9.80. The highest BCUT2D eigenvalue weighted by molar-refractivity contribution is 5.59. The molecule has 5 aromatic rings. The van der Waals surface area contributed by atoms with Crippen LogP contribution in [0.3, 0.4) is 0 Å². The van der Waals surface area contributed by atoms with Crippen LogP contribution >= 0.6 is 0 Å². The summed E-state index contributed by atoms with van der Waals surface area (Å²) >= 11 is 0. The van der Waals surface area contributed by atoms with Gasteiger partial charge in [0.05, 0.1) is 30.3 Å². The number of pyridine rings is 3. The largest absolute Gasteiger partial charge is 0.312 e. The zero-order valence-electron chi connectivity index (χ0n) is 20.7. The lowest BCUT2D eigenvalue weighted by molar-refractivity contribution is 0.0738. The summed E-state index contributed by atoms with van der Waals surface area (Å²) in [5.74, 6) is 1.03. The van der Waals surface area contributed by atoms with E-state index in [-0.39, 0.29) is 5.56 Å². The molecule has 192 valence electrons. The van der Waals surface area contributed by atoms with Gasteiger partial charge in [0.15, 0.2) is 0 Å². The average Bonchev–Trinajstić information content (AvgIpc) is 3.66. The maximum atomic E-state index is 14.1. The fourth-order valence-electron chi connectivity index (χ4n) is 5.94. The van der Waals surface area contributed by atoms with Gasteiger partial charge in [0.1, 0.15) is 17.0 Å². The summed E-state index contributed by atoms with van der Waals surface area (Å²) in [5, 5.41) is 12.1. The van der Waals surface area contributed by atoms with E-state index in [2.05, 4.69) is 32.9 Å². The van der Waals surface area contributed by atoms with E-state index >= 15 is 0 Å². The molecule has 0 radical (unpaired) electrons. The number of hydrogen-bond acceptors (Lipinski definition) is 6. The third-order valence-electron chi connectivity index (χ3n) is 7.83. The molecule has 0 aromatic carbocycles. The number of hydrogen-bond donors (Lipinski definition) is 1. The molecule has 0 amide bonds. The van der Waals surface area contributed by atoms with Crippen molar-refractivity contribution < 1.29 is 4.39 Å². The predicted octanol–water partition coefficient (Wildman–Crippen LogP) is 3.41. The Hall–Kier alpha value is -4.18. The standard InChI is InChI=1S/C28H27FN8O/c29-28-8-21(9-28)22(10-28)13-30-11-19-4-5-26-32-23(16-35(26)15-19)17-36-18-25(33-34-36)20-7-24(14-31-12-20)37-6-2-1-3-27(37)38/h1-7,12,14-16,18,21-22,30H,8-11,13,17H2. The van der Waals surface area contributed by atoms with E-state index in [9.17, 15) is 9.18 Å². The van der Waals surface area contributed by atoms with Gasteiger partial charge in [-0.1, -0.05) is 17.3 Å². The second-order valence-corrected chi connectivity index (χ2v) is 10.6. The summed E-state index contributed by atoms with van der Waals surface area (Å²) in [4.78, 5) is 21.2. The zero-order valence-corrected chi connectivity index (χ0v) is 20.7. The molecule has 1 unspecified atom stereocenters. The molecule has 0 spiro atoms. The third-order valence-corrected chi connectivity index (χ3v) is 7.83. The van der Waals surface area contributed by atoms with Crippen molar-refractivity contribution >= 4 is 5.65 Å². The smallest absolute Gasteiger partial charge is 0.255 e. The van der Waals surface area contributed by atoms with Crippen LogP contribution in [0.1, 0.15) is 30.5 Å². The molecule has 3 aliphatic rings. The first-order chi connectivity index (χ1) is 18.5. The van der Waals surface area contributed by atoms with Crippen LogP contribution in [-0.4, -0.2) is 46.1 Å². The molecule has 3 saturated carbocycles. The maximum absolute atomic E-state index is 14.1. The van der Waals surface area contributed by atoms with Gasteiger partial charge in [-0.3, -0.25) is 14.3 Å². The Bertz CT molecular complexity index is 1680. The Kier molecular flexibility index (Phi) is 5.43. The lowest BCUT2D eigenvalue weighted by Gasteiger charge is -2.30. The number of aromatic nitrogens is 7. The molecule has 5 heterocycles. The molecule has 1 N–H and O–H groups in total. The number of imidazole rings is 1. The number of nitrogens with one attached hydrogen (secondary N) is 1. The first-order valence-corrected chi connectivity index (χ1v) is 12.9. The minimum absolute atomic E-state index is 0.124. The van der Waals surface area contributed by atoms with Crippen LogP contribution in [0.5, 0.6) is 0 Å². The summed E-state index contributed by atoms with van der Waals surface area (Å²) in [5.41, 5.74) is 4.01. The Morgan fingerprint density at radius 3 is 2.84 bits per heavy atom. The van der Waals surface area contributed by atoms with E-state index in [1.807, 2.05) is 28.9 Å². The maximum Gasteiger partial charge on any atom is 0.255 e. The van der Waals surface area contributed by atoms with Gasteiger partial charge in [0.2, 0.25) is 0 Å². The molecule has 2 bridgehead atoms. The fourth-order valence-corrected chi connectivity index (χ4v) is 5.94. The van der Waals surface area contributed by atoms with Crippen LogP contribution in [0.25, 0.3) is 22.6 Å². The molecule has 38 heavy (non-hydrogen) atoms. The summed E-state index contributed by atoms with van der Waals surface area (Å²) in [6, 6.07) is 11.0. The summed E-state index contributed by atoms with van der Waals surface area (Å²) in [6.45, 7) is 2.10. The first kappa shape index (κ1) is 23.0. The molecule has 9 nitrogen and oxygen atoms in total. The van der Waals surface area contributed by atoms with Gasteiger partial charge in [-0.15, -0.1) is 5.10 Å². The van der Waals surface area contributed by atoms with Gasteiger partial charge in [0, 0.05) is 43.0 Å². The topological polar surface area (TPSA) is 94.9 Å². The molecule has 3 aliphatic carbocycles. The SMILES string of the molecule is O=c1ccccn1-c1cncc(-c2cn(Cc3cn4cc(CNCC5CC6(F)CC5C6)ccc4n3)nn2)c1. The van der Waals surface area contributed by atoms with Crippen molar-refractivity contribution in [1.82, 2.24) is 39.2 Å². The quantitative estimate of drug-likeness (QED) is 0.344. The number of rotatable bonds is 8. The van der Waals surface area contributed by atoms with Gasteiger partial charge in [-0.25, -0.2) is 14.1 Å². The highest BCUT2D eigenvalue weighted by atomic mass is 19.1. The average molecular weight is 511 g/mol. The fraction of sp³-hybridized carbons (Fsp3) is 0.321. The van der Waals surface area contributed by atoms with Gasteiger partial charge in [-0.2, -0.15) is 0 Å². The number of fused-ring (bicyclic) bond motifs is 2. The van der Waals surface area contributed by atoms with Gasteiger partial charge >= 0.3 is 0 Å². The van der Waals surface area contributed by atoms with Gasteiger partial charge in [-0.05, 0) is 61.4 Å². The zero-order chi connectivity index (χ0) is 25.7. The van der Waals surface area contributed by atoms with Crippen molar-refractivity contribution in [3.05, 3.63) is 95.2 Å². The monoisotopic (exact) mass is 510 g/mol. The first-order valence-electron chi connectivity index (χ1n) is 12.9. The molecular weight excluding hydrogens is 483 g/mol. The van der Waals surface area contributed by atoms with Crippen molar-refractivity contribution in [2.24, 2.45) is 11.8 Å². The summed E-state index contributed by atoms with van der Waals surface area (Å²) in [7, 11) is 0. The highest BCUT2D eigenvalue weighted by Crippen LogP contribution is 2.57. The Labute approximate surface area is 218 Å². The van der Waals surface area contributed by atoms with Gasteiger partial charge < -0.3 is 9.72 Å². The predicted molar refractivity (Wildman–Crippen MR) is 140 cm³/mol. The van der Waals surface area contributed by atoms with Crippen LogP contribution in [0.15, 0.2) is 78.4 Å². The van der Waals surface area contributed by atoms with Crippen molar-refractivity contribution in [1.29, 1.82) is 0 Å². The van der Waals surface area contributed by atoms with Crippen LogP contribution in [0.2, 0.25) is 0 Å². The van der Waals surface area contributed by atoms with Crippen molar-refractivity contribution in [3.8, 4) is 16.9 Å². The Balaban J connectivity index is 1.02. The number of halogens is 1. The number of alkyl halides is 1. The van der Waals surface area contributed by atoms with E-state index in [0.717, 1.165) is 48.4 Å². The van der Waals surface area contributed by atoms with Crippen molar-refractivity contribution in [2.75, 3.05) is 6.54 Å². The van der Waals surface area contributed by atoms with E-state index < -0.39 is 5.67 Å². The normalized spacial score (nSPS) is 22.1. The van der Waals surface area contributed by atoms with Crippen LogP contribution in [-0.2, 0) is 13.1 Å².